The van der Waals surface area contributed by atoms with Crippen LogP contribution in [0.3, 0.4) is 0 Å². The topological polar surface area (TPSA) is 120 Å². The van der Waals surface area contributed by atoms with E-state index in [1.807, 2.05) is 24.4 Å². The van der Waals surface area contributed by atoms with E-state index in [1.165, 1.54) is 0 Å². The number of benzene rings is 1. The molecule has 0 aliphatic carbocycles. The molecule has 3 aliphatic heterocycles. The van der Waals surface area contributed by atoms with Crippen molar-refractivity contribution in [2.24, 2.45) is 5.73 Å². The van der Waals surface area contributed by atoms with E-state index >= 15 is 0 Å². The van der Waals surface area contributed by atoms with Gasteiger partial charge in [-0.05, 0) is 43.7 Å². The third kappa shape index (κ3) is 5.92. The van der Waals surface area contributed by atoms with Crippen molar-refractivity contribution in [3.63, 3.8) is 0 Å². The Labute approximate surface area is 241 Å². The molecule has 11 nitrogen and oxygen atoms in total. The van der Waals surface area contributed by atoms with Gasteiger partial charge in [-0.2, -0.15) is 10.2 Å². The van der Waals surface area contributed by atoms with Gasteiger partial charge in [0.15, 0.2) is 0 Å². The number of rotatable bonds is 6. The smallest absolute Gasteiger partial charge is 0.227 e. The Balaban J connectivity index is 1.07. The van der Waals surface area contributed by atoms with E-state index in [0.717, 1.165) is 87.1 Å². The number of nitrogens with zero attached hydrogens (tertiary/aromatic N) is 8. The zero-order valence-electron chi connectivity index (χ0n) is 23.9. The van der Waals surface area contributed by atoms with Gasteiger partial charge in [0.25, 0.3) is 0 Å². The van der Waals surface area contributed by atoms with Gasteiger partial charge in [0.1, 0.15) is 11.9 Å². The second-order valence-electron chi connectivity index (χ2n) is 11.3. The molecule has 2 aromatic heterocycles. The van der Waals surface area contributed by atoms with Crippen LogP contribution in [0.2, 0.25) is 0 Å². The third-order valence-corrected chi connectivity index (χ3v) is 8.50. The summed E-state index contributed by atoms with van der Waals surface area (Å²) in [5.74, 6) is 1.71. The van der Waals surface area contributed by atoms with Crippen LogP contribution < -0.4 is 20.4 Å². The van der Waals surface area contributed by atoms with Crippen molar-refractivity contribution in [1.82, 2.24) is 19.9 Å². The molecule has 0 spiro atoms. The molecule has 6 rings (SSSR count). The van der Waals surface area contributed by atoms with Gasteiger partial charge >= 0.3 is 0 Å². The van der Waals surface area contributed by atoms with E-state index in [1.54, 1.807) is 13.3 Å². The summed E-state index contributed by atoms with van der Waals surface area (Å²) >= 11 is 0. The van der Waals surface area contributed by atoms with Crippen molar-refractivity contribution in [2.45, 2.75) is 37.7 Å². The molecular weight excluding hydrogens is 518 g/mol. The molecule has 0 radical (unpaired) electrons. The first-order valence-corrected chi connectivity index (χ1v) is 14.5. The van der Waals surface area contributed by atoms with Gasteiger partial charge < -0.3 is 29.9 Å². The molecule has 2 unspecified atom stereocenters. The maximum atomic E-state index is 9.54. The molecule has 5 heterocycles. The Bertz CT molecular complexity index is 1390. The quantitative estimate of drug-likeness (QED) is 0.478. The highest BCUT2D eigenvalue weighted by Gasteiger charge is 2.31. The second-order valence-corrected chi connectivity index (χ2v) is 11.3. The molecule has 3 saturated heterocycles. The minimum absolute atomic E-state index is 0.0440. The molecule has 11 heteroatoms. The Kier molecular flexibility index (Phi) is 8.16. The summed E-state index contributed by atoms with van der Waals surface area (Å²) in [6.07, 6.45) is 4.77. The molecular formula is C30H39N9O2. The predicted octanol–water partition coefficient (Wildman–Crippen LogP) is 1.86. The fraction of sp³-hybridized carbons (Fsp3) is 0.533. The third-order valence-electron chi connectivity index (χ3n) is 8.50. The standard InChI is InChI=1S/C30H39N9O2/c1-21-17-39(26-6-5-22(16-31)29-24(26)4-3-9-33-29)19-23(41-21)18-36-12-14-37(15-13-36)28-7-10-34-30(35-28)38-11-8-27(40-2)25(32)20-38/h3-7,9-10,21,23,25,27H,8,11-15,17-20,32H2,1-2H3/t21-,23+,25?,27?/m1/s1. The number of pyridine rings is 1. The van der Waals surface area contributed by atoms with Crippen LogP contribution in [0.5, 0.6) is 0 Å². The number of piperazine rings is 1. The fourth-order valence-electron chi connectivity index (χ4n) is 6.42. The zero-order chi connectivity index (χ0) is 28.3. The maximum Gasteiger partial charge on any atom is 0.227 e. The summed E-state index contributed by atoms with van der Waals surface area (Å²) in [7, 11) is 1.73. The van der Waals surface area contributed by atoms with Crippen LogP contribution in [0.4, 0.5) is 17.5 Å². The average Bonchev–Trinajstić information content (AvgIpc) is 3.00. The van der Waals surface area contributed by atoms with Crippen molar-refractivity contribution in [3.8, 4) is 6.07 Å². The minimum Gasteiger partial charge on any atom is -0.380 e. The molecule has 1 aromatic carbocycles. The van der Waals surface area contributed by atoms with Crippen molar-refractivity contribution in [2.75, 3.05) is 80.7 Å². The normalized spacial score (nSPS) is 25.9. The summed E-state index contributed by atoms with van der Waals surface area (Å²) in [4.78, 5) is 23.3. The summed E-state index contributed by atoms with van der Waals surface area (Å²) < 4.78 is 11.9. The molecule has 0 amide bonds. The van der Waals surface area contributed by atoms with Crippen molar-refractivity contribution >= 4 is 28.4 Å². The first kappa shape index (κ1) is 27.6. The van der Waals surface area contributed by atoms with Crippen LogP contribution in [0, 0.1) is 11.3 Å². The van der Waals surface area contributed by atoms with Crippen LogP contribution in [0.1, 0.15) is 18.9 Å². The van der Waals surface area contributed by atoms with E-state index < -0.39 is 0 Å². The van der Waals surface area contributed by atoms with Crippen LogP contribution in [0.15, 0.2) is 42.7 Å². The number of hydrogen-bond acceptors (Lipinski definition) is 11. The molecule has 3 fully saturated rings. The first-order chi connectivity index (χ1) is 20.0. The van der Waals surface area contributed by atoms with Crippen LogP contribution >= 0.6 is 0 Å². The van der Waals surface area contributed by atoms with Gasteiger partial charge in [-0.1, -0.05) is 0 Å². The van der Waals surface area contributed by atoms with Gasteiger partial charge in [0.2, 0.25) is 5.95 Å². The van der Waals surface area contributed by atoms with Crippen molar-refractivity contribution < 1.29 is 9.47 Å². The lowest BCUT2D eigenvalue weighted by molar-refractivity contribution is -0.0327. The fourth-order valence-corrected chi connectivity index (χ4v) is 6.42. The van der Waals surface area contributed by atoms with Gasteiger partial charge in [0, 0.05) is 95.5 Å². The van der Waals surface area contributed by atoms with Crippen LogP contribution in [0.25, 0.3) is 10.9 Å². The molecule has 0 bridgehead atoms. The largest absolute Gasteiger partial charge is 0.380 e. The first-order valence-electron chi connectivity index (χ1n) is 14.5. The van der Waals surface area contributed by atoms with E-state index in [4.69, 9.17) is 20.2 Å². The van der Waals surface area contributed by atoms with Gasteiger partial charge in [-0.15, -0.1) is 0 Å². The van der Waals surface area contributed by atoms with Crippen LogP contribution in [-0.2, 0) is 9.47 Å². The Morgan fingerprint density at radius 1 is 1.00 bits per heavy atom. The number of piperidine rings is 1. The second kappa shape index (κ2) is 12.1. The summed E-state index contributed by atoms with van der Waals surface area (Å²) in [6, 6.07) is 12.2. The van der Waals surface area contributed by atoms with Crippen molar-refractivity contribution in [3.05, 3.63) is 48.3 Å². The lowest BCUT2D eigenvalue weighted by Gasteiger charge is -2.42. The lowest BCUT2D eigenvalue weighted by atomic mass is 10.0. The number of aromatic nitrogens is 3. The van der Waals surface area contributed by atoms with Crippen LogP contribution in [-0.4, -0.2) is 110 Å². The monoisotopic (exact) mass is 557 g/mol. The number of fused-ring (bicyclic) bond motifs is 1. The molecule has 4 atom stereocenters. The molecule has 216 valence electrons. The highest BCUT2D eigenvalue weighted by Crippen LogP contribution is 2.30. The highest BCUT2D eigenvalue weighted by atomic mass is 16.5. The number of methoxy groups -OCH3 is 1. The Hall–Kier alpha value is -3.56. The Morgan fingerprint density at radius 3 is 2.63 bits per heavy atom. The maximum absolute atomic E-state index is 9.54. The van der Waals surface area contributed by atoms with Gasteiger partial charge in [-0.25, -0.2) is 4.98 Å². The predicted molar refractivity (Wildman–Crippen MR) is 159 cm³/mol. The zero-order valence-corrected chi connectivity index (χ0v) is 23.9. The van der Waals surface area contributed by atoms with E-state index in [-0.39, 0.29) is 24.4 Å². The highest BCUT2D eigenvalue weighted by molar-refractivity contribution is 5.95. The summed E-state index contributed by atoms with van der Waals surface area (Å²) in [5, 5.41) is 10.6. The molecule has 3 aliphatic rings. The summed E-state index contributed by atoms with van der Waals surface area (Å²) in [5.41, 5.74) is 8.79. The molecule has 3 aromatic rings. The average molecular weight is 558 g/mol. The van der Waals surface area contributed by atoms with E-state index in [2.05, 4.69) is 54.7 Å². The Morgan fingerprint density at radius 2 is 1.85 bits per heavy atom. The molecule has 2 N–H and O–H groups in total. The van der Waals surface area contributed by atoms with Gasteiger partial charge in [-0.3, -0.25) is 9.88 Å². The molecule has 0 saturated carbocycles. The summed E-state index contributed by atoms with van der Waals surface area (Å²) in [6.45, 7) is 9.86. The van der Waals surface area contributed by atoms with Crippen molar-refractivity contribution in [1.29, 1.82) is 5.26 Å². The minimum atomic E-state index is -0.0440. The number of morpholine rings is 1. The SMILES string of the molecule is COC1CCN(c2nccc(N3CCN(C[C@H]4CN(c5ccc(C#N)c6ncccc56)C[C@@H](C)O4)CC3)n2)CC1N. The lowest BCUT2D eigenvalue weighted by Crippen LogP contribution is -2.54. The van der Waals surface area contributed by atoms with Gasteiger partial charge in [0.05, 0.1) is 29.4 Å². The molecule has 41 heavy (non-hydrogen) atoms. The van der Waals surface area contributed by atoms with E-state index in [9.17, 15) is 5.26 Å². The number of nitrogens with two attached hydrogens (primary N) is 1. The number of nitriles is 1. The number of anilines is 3. The number of hydrogen-bond donors (Lipinski definition) is 1. The number of ether oxygens (including phenoxy) is 2. The van der Waals surface area contributed by atoms with E-state index in [0.29, 0.717) is 12.1 Å².